The number of hydrogen-bond donors (Lipinski definition) is 4. The molecule has 9 heteroatoms. The van der Waals surface area contributed by atoms with Crippen molar-refractivity contribution in [3.63, 3.8) is 0 Å². The topological polar surface area (TPSA) is 109 Å². The third kappa shape index (κ3) is 9.79. The number of nitrogens with zero attached hydrogens (tertiary/aromatic N) is 5. The van der Waals surface area contributed by atoms with Crippen molar-refractivity contribution in [2.24, 2.45) is 11.7 Å². The summed E-state index contributed by atoms with van der Waals surface area (Å²) >= 11 is 0. The van der Waals surface area contributed by atoms with E-state index in [0.29, 0.717) is 18.1 Å². The number of hydrazine groups is 1. The molecule has 3 aliphatic rings. The van der Waals surface area contributed by atoms with Crippen LogP contribution in [0.25, 0.3) is 11.2 Å². The lowest BCUT2D eigenvalue weighted by atomic mass is 9.92. The van der Waals surface area contributed by atoms with Gasteiger partial charge >= 0.3 is 0 Å². The summed E-state index contributed by atoms with van der Waals surface area (Å²) in [6.07, 6.45) is 21.8. The maximum atomic E-state index is 6.13. The van der Waals surface area contributed by atoms with Crippen molar-refractivity contribution in [1.82, 2.24) is 29.8 Å². The second-order valence-electron chi connectivity index (χ2n) is 12.7. The first kappa shape index (κ1) is 32.0. The molecular formula is C32H59N9. The summed E-state index contributed by atoms with van der Waals surface area (Å²) in [6, 6.07) is 1.24. The van der Waals surface area contributed by atoms with Crippen molar-refractivity contribution in [2.45, 2.75) is 142 Å². The third-order valence-corrected chi connectivity index (χ3v) is 9.19. The van der Waals surface area contributed by atoms with E-state index in [1.54, 1.807) is 0 Å². The predicted molar refractivity (Wildman–Crippen MR) is 172 cm³/mol. The van der Waals surface area contributed by atoms with Crippen molar-refractivity contribution in [2.75, 3.05) is 36.9 Å². The van der Waals surface area contributed by atoms with Crippen LogP contribution in [0, 0.1) is 5.92 Å². The summed E-state index contributed by atoms with van der Waals surface area (Å²) in [5, 5.41) is 9.27. The fourth-order valence-corrected chi connectivity index (χ4v) is 6.60. The van der Waals surface area contributed by atoms with E-state index in [1.807, 2.05) is 6.33 Å². The SMILES string of the molecule is CCCCCC1CCN(Nc2nc(NC3CCC(N)CC3)nc3c2ncn3C2CCCC2)CC1.CCCNCCC. The van der Waals surface area contributed by atoms with E-state index < -0.39 is 0 Å². The molecule has 9 nitrogen and oxygen atoms in total. The minimum Gasteiger partial charge on any atom is -0.351 e. The van der Waals surface area contributed by atoms with Crippen molar-refractivity contribution in [1.29, 1.82) is 0 Å². The number of imidazole rings is 1. The molecule has 0 bridgehead atoms. The van der Waals surface area contributed by atoms with Gasteiger partial charge in [0.05, 0.1) is 6.33 Å². The zero-order valence-corrected chi connectivity index (χ0v) is 26.3. The van der Waals surface area contributed by atoms with Gasteiger partial charge in [-0.1, -0.05) is 59.3 Å². The highest BCUT2D eigenvalue weighted by atomic mass is 15.5. The Morgan fingerprint density at radius 3 is 2.22 bits per heavy atom. The first-order chi connectivity index (χ1) is 20.1. The smallest absolute Gasteiger partial charge is 0.227 e. The molecule has 5 N–H and O–H groups in total. The number of nitrogens with two attached hydrogens (primary N) is 1. The molecule has 2 saturated carbocycles. The van der Waals surface area contributed by atoms with Crippen molar-refractivity contribution in [3.05, 3.63) is 6.33 Å². The molecule has 2 aromatic heterocycles. The fourth-order valence-electron chi connectivity index (χ4n) is 6.60. The summed E-state index contributed by atoms with van der Waals surface area (Å²) in [4.78, 5) is 14.7. The number of rotatable bonds is 13. The van der Waals surface area contributed by atoms with Crippen LogP contribution < -0.4 is 21.8 Å². The van der Waals surface area contributed by atoms with Crippen LogP contribution in [0.4, 0.5) is 11.8 Å². The Morgan fingerprint density at radius 1 is 0.854 bits per heavy atom. The van der Waals surface area contributed by atoms with Crippen molar-refractivity contribution in [3.8, 4) is 0 Å². The maximum absolute atomic E-state index is 6.13. The Balaban J connectivity index is 0.000000493. The van der Waals surface area contributed by atoms with Crippen LogP contribution in [0.2, 0.25) is 0 Å². The quantitative estimate of drug-likeness (QED) is 0.199. The number of fused-ring (bicyclic) bond motifs is 1. The lowest BCUT2D eigenvalue weighted by molar-refractivity contribution is 0.207. The van der Waals surface area contributed by atoms with Gasteiger partial charge in [-0.25, -0.2) is 9.99 Å². The van der Waals surface area contributed by atoms with Gasteiger partial charge in [0.25, 0.3) is 0 Å². The zero-order valence-electron chi connectivity index (χ0n) is 26.3. The zero-order chi connectivity index (χ0) is 28.9. The van der Waals surface area contributed by atoms with Crippen molar-refractivity contribution < 1.29 is 0 Å². The molecule has 0 aromatic carbocycles. The first-order valence-corrected chi connectivity index (χ1v) is 17.1. The molecule has 3 heterocycles. The summed E-state index contributed by atoms with van der Waals surface area (Å²) in [6.45, 7) is 11.1. The van der Waals surface area contributed by atoms with E-state index in [0.717, 1.165) is 67.6 Å². The average molecular weight is 570 g/mol. The molecule has 0 radical (unpaired) electrons. The Kier molecular flexibility index (Phi) is 13.4. The van der Waals surface area contributed by atoms with Crippen molar-refractivity contribution >= 4 is 22.9 Å². The average Bonchev–Trinajstić information content (AvgIpc) is 3.67. The summed E-state index contributed by atoms with van der Waals surface area (Å²) < 4.78 is 2.30. The first-order valence-electron chi connectivity index (χ1n) is 17.1. The number of hydrogen-bond acceptors (Lipinski definition) is 8. The highest BCUT2D eigenvalue weighted by Crippen LogP contribution is 2.34. The van der Waals surface area contributed by atoms with Gasteiger partial charge in [-0.3, -0.25) is 0 Å². The molecule has 5 rings (SSSR count). The monoisotopic (exact) mass is 569 g/mol. The number of nitrogens with one attached hydrogen (secondary N) is 3. The molecule has 2 aromatic rings. The third-order valence-electron chi connectivity index (χ3n) is 9.19. The van der Waals surface area contributed by atoms with Crippen LogP contribution in [0.1, 0.15) is 130 Å². The molecule has 1 saturated heterocycles. The van der Waals surface area contributed by atoms with Crippen LogP contribution in [0.5, 0.6) is 0 Å². The van der Waals surface area contributed by atoms with E-state index in [1.165, 1.54) is 90.1 Å². The summed E-state index contributed by atoms with van der Waals surface area (Å²) in [5.41, 5.74) is 11.6. The van der Waals surface area contributed by atoms with Crippen LogP contribution >= 0.6 is 0 Å². The van der Waals surface area contributed by atoms with Gasteiger partial charge in [0.2, 0.25) is 5.95 Å². The Bertz CT molecular complexity index is 982. The molecule has 2 aliphatic carbocycles. The fraction of sp³-hybridized carbons (Fsp3) is 0.844. The van der Waals surface area contributed by atoms with Crippen LogP contribution in [0.3, 0.4) is 0 Å². The molecule has 0 amide bonds. The molecular weight excluding hydrogens is 510 g/mol. The van der Waals surface area contributed by atoms with E-state index >= 15 is 0 Å². The number of anilines is 2. The molecule has 1 aliphatic heterocycles. The normalized spacial score (nSPS) is 22.5. The second-order valence-corrected chi connectivity index (χ2v) is 12.7. The van der Waals surface area contributed by atoms with E-state index in [9.17, 15) is 0 Å². The molecule has 41 heavy (non-hydrogen) atoms. The summed E-state index contributed by atoms with van der Waals surface area (Å²) in [7, 11) is 0. The lowest BCUT2D eigenvalue weighted by Crippen LogP contribution is -2.38. The Labute approximate surface area is 249 Å². The maximum Gasteiger partial charge on any atom is 0.227 e. The van der Waals surface area contributed by atoms with Gasteiger partial charge in [0, 0.05) is 31.2 Å². The number of aromatic nitrogens is 4. The molecule has 0 atom stereocenters. The minimum atomic E-state index is 0.340. The minimum absolute atomic E-state index is 0.340. The standard InChI is InChI=1S/C26H44N8.C6H15N/c1-2-3-4-7-19-14-16-33(17-15-19)32-24-23-25(34(18-28-23)22-8-5-6-9-22)31-26(30-24)29-21-12-10-20(27)11-13-21;1-3-5-7-6-4-2/h18-22H,2-17,27H2,1H3,(H2,29,30,31,32);7H,3-6H2,1-2H3. The second kappa shape index (κ2) is 17.2. The number of unbranched alkanes of at least 4 members (excludes halogenated alkanes) is 2. The van der Waals surface area contributed by atoms with Gasteiger partial charge in [0.1, 0.15) is 0 Å². The van der Waals surface area contributed by atoms with Gasteiger partial charge in [-0.05, 0) is 83.2 Å². The van der Waals surface area contributed by atoms with E-state index in [2.05, 4.69) is 46.4 Å². The Morgan fingerprint density at radius 2 is 1.56 bits per heavy atom. The van der Waals surface area contributed by atoms with Gasteiger partial charge in [0.15, 0.2) is 17.0 Å². The summed E-state index contributed by atoms with van der Waals surface area (Å²) in [5.74, 6) is 2.44. The highest BCUT2D eigenvalue weighted by Gasteiger charge is 2.25. The lowest BCUT2D eigenvalue weighted by Gasteiger charge is -2.32. The van der Waals surface area contributed by atoms with Gasteiger partial charge < -0.3 is 26.4 Å². The molecule has 0 unspecified atom stereocenters. The Hall–Kier alpha value is -1.97. The van der Waals surface area contributed by atoms with Gasteiger partial charge in [-0.15, -0.1) is 0 Å². The van der Waals surface area contributed by atoms with E-state index in [-0.39, 0.29) is 0 Å². The van der Waals surface area contributed by atoms with Crippen LogP contribution in [-0.4, -0.2) is 62.8 Å². The van der Waals surface area contributed by atoms with Crippen LogP contribution in [-0.2, 0) is 0 Å². The predicted octanol–water partition coefficient (Wildman–Crippen LogP) is 6.64. The molecule has 0 spiro atoms. The van der Waals surface area contributed by atoms with Crippen LogP contribution in [0.15, 0.2) is 6.33 Å². The molecule has 3 fully saturated rings. The number of piperidine rings is 1. The molecule has 232 valence electrons. The van der Waals surface area contributed by atoms with Gasteiger partial charge in [-0.2, -0.15) is 9.97 Å². The largest absolute Gasteiger partial charge is 0.351 e. The van der Waals surface area contributed by atoms with E-state index in [4.69, 9.17) is 20.7 Å². The highest BCUT2D eigenvalue weighted by molar-refractivity contribution is 5.84.